The molecular weight excluding hydrogens is 230 g/mol. The van der Waals surface area contributed by atoms with Crippen LogP contribution in [0.5, 0.6) is 0 Å². The zero-order valence-corrected chi connectivity index (χ0v) is 9.50. The average molecular weight is 241 g/mol. The Bertz CT molecular complexity index is 611. The molecule has 0 fully saturated rings. The van der Waals surface area contributed by atoms with Crippen molar-refractivity contribution in [2.75, 3.05) is 11.1 Å². The normalized spacial score (nSPS) is 9.72. The number of nitrogens with zero attached hydrogens (tertiary/aromatic N) is 3. The third-order valence-electron chi connectivity index (χ3n) is 2.29. The van der Waals surface area contributed by atoms with E-state index in [-0.39, 0.29) is 12.5 Å². The predicted molar refractivity (Wildman–Crippen MR) is 66.4 cm³/mol. The number of aromatic nitrogens is 2. The first-order valence-corrected chi connectivity index (χ1v) is 5.27. The number of anilines is 2. The first kappa shape index (κ1) is 11.7. The van der Waals surface area contributed by atoms with Gasteiger partial charge < -0.3 is 11.1 Å². The van der Waals surface area contributed by atoms with E-state index in [0.29, 0.717) is 17.1 Å². The number of carbonyl (C=O) groups is 1. The molecule has 2 aromatic rings. The molecule has 6 nitrogen and oxygen atoms in total. The van der Waals surface area contributed by atoms with Crippen molar-refractivity contribution < 1.29 is 4.79 Å². The number of nitrogen functional groups attached to an aromatic ring is 1. The Kier molecular flexibility index (Phi) is 3.25. The summed E-state index contributed by atoms with van der Waals surface area (Å²) in [5.41, 5.74) is 6.36. The highest BCUT2D eigenvalue weighted by Crippen LogP contribution is 2.13. The molecule has 0 aliphatic heterocycles. The van der Waals surface area contributed by atoms with Crippen LogP contribution in [-0.4, -0.2) is 15.7 Å². The molecule has 0 bridgehead atoms. The van der Waals surface area contributed by atoms with E-state index >= 15 is 0 Å². The number of nitrogens with two attached hydrogens (primary N) is 1. The number of para-hydroxylation sites is 1. The molecule has 0 unspecified atom stereocenters. The van der Waals surface area contributed by atoms with Crippen LogP contribution in [-0.2, 0) is 11.3 Å². The van der Waals surface area contributed by atoms with Crippen molar-refractivity contribution in [2.45, 2.75) is 6.54 Å². The van der Waals surface area contributed by atoms with Gasteiger partial charge in [-0.15, -0.1) is 0 Å². The molecule has 0 aliphatic carbocycles. The van der Waals surface area contributed by atoms with Gasteiger partial charge in [-0.05, 0) is 18.2 Å². The largest absolute Gasteiger partial charge is 0.382 e. The lowest BCUT2D eigenvalue weighted by molar-refractivity contribution is -0.116. The van der Waals surface area contributed by atoms with E-state index < -0.39 is 0 Å². The van der Waals surface area contributed by atoms with Gasteiger partial charge in [-0.3, -0.25) is 9.48 Å². The number of rotatable bonds is 3. The zero-order valence-electron chi connectivity index (χ0n) is 9.50. The first-order valence-electron chi connectivity index (χ1n) is 5.27. The lowest BCUT2D eigenvalue weighted by atomic mass is 10.2. The van der Waals surface area contributed by atoms with Crippen LogP contribution in [0.25, 0.3) is 0 Å². The predicted octanol–water partition coefficient (Wildman–Crippen LogP) is 0.976. The SMILES string of the molecule is N#Cc1ccccc1NC(=O)Cn1ccc(N)n1. The minimum absolute atomic E-state index is 0.0525. The highest BCUT2D eigenvalue weighted by atomic mass is 16.2. The Morgan fingerprint density at radius 3 is 2.89 bits per heavy atom. The number of hydrogen-bond acceptors (Lipinski definition) is 4. The van der Waals surface area contributed by atoms with E-state index in [4.69, 9.17) is 11.0 Å². The van der Waals surface area contributed by atoms with Gasteiger partial charge in [-0.25, -0.2) is 0 Å². The molecule has 0 saturated heterocycles. The molecule has 0 atom stereocenters. The van der Waals surface area contributed by atoms with Crippen LogP contribution in [0.1, 0.15) is 5.56 Å². The molecule has 0 aliphatic rings. The summed E-state index contributed by atoms with van der Waals surface area (Å²) in [5, 5.41) is 15.4. The highest BCUT2D eigenvalue weighted by Gasteiger charge is 2.07. The Hall–Kier alpha value is -2.81. The second-order valence-electron chi connectivity index (χ2n) is 3.64. The van der Waals surface area contributed by atoms with Gasteiger partial charge in [0.2, 0.25) is 5.91 Å². The molecule has 6 heteroatoms. The lowest BCUT2D eigenvalue weighted by Gasteiger charge is -2.06. The fraction of sp³-hybridized carbons (Fsp3) is 0.0833. The van der Waals surface area contributed by atoms with Crippen LogP contribution < -0.4 is 11.1 Å². The smallest absolute Gasteiger partial charge is 0.246 e. The van der Waals surface area contributed by atoms with Crippen LogP contribution in [0.2, 0.25) is 0 Å². The number of nitrogens with one attached hydrogen (secondary N) is 1. The maximum atomic E-state index is 11.7. The van der Waals surface area contributed by atoms with Crippen LogP contribution in [0.15, 0.2) is 36.5 Å². The summed E-state index contributed by atoms with van der Waals surface area (Å²) < 4.78 is 1.43. The summed E-state index contributed by atoms with van der Waals surface area (Å²) in [6.45, 7) is 0.0525. The quantitative estimate of drug-likeness (QED) is 0.836. The molecule has 0 saturated carbocycles. The van der Waals surface area contributed by atoms with E-state index in [1.54, 1.807) is 36.5 Å². The molecule has 1 aromatic carbocycles. The summed E-state index contributed by atoms with van der Waals surface area (Å²) in [7, 11) is 0. The number of benzene rings is 1. The molecule has 2 rings (SSSR count). The number of nitriles is 1. The molecule has 90 valence electrons. The number of amides is 1. The standard InChI is InChI=1S/C12H11N5O/c13-7-9-3-1-2-4-10(9)15-12(18)8-17-6-5-11(14)16-17/h1-6H,8H2,(H2,14,16)(H,15,18). The fourth-order valence-electron chi connectivity index (χ4n) is 1.49. The minimum Gasteiger partial charge on any atom is -0.382 e. The Labute approximate surface area is 104 Å². The number of hydrogen-bond donors (Lipinski definition) is 2. The van der Waals surface area contributed by atoms with E-state index in [0.717, 1.165) is 0 Å². The molecular formula is C12H11N5O. The second kappa shape index (κ2) is 5.01. The van der Waals surface area contributed by atoms with Crippen molar-refractivity contribution in [3.05, 3.63) is 42.1 Å². The molecule has 0 spiro atoms. The topological polar surface area (TPSA) is 96.7 Å². The van der Waals surface area contributed by atoms with Gasteiger partial charge in [0.25, 0.3) is 0 Å². The maximum Gasteiger partial charge on any atom is 0.246 e. The molecule has 1 amide bonds. The van der Waals surface area contributed by atoms with Gasteiger partial charge in [0.1, 0.15) is 18.4 Å². The summed E-state index contributed by atoms with van der Waals surface area (Å²) >= 11 is 0. The van der Waals surface area contributed by atoms with Crippen LogP contribution in [0.4, 0.5) is 11.5 Å². The Morgan fingerprint density at radius 2 is 2.22 bits per heavy atom. The molecule has 0 radical (unpaired) electrons. The van der Waals surface area contributed by atoms with Gasteiger partial charge in [0.05, 0.1) is 11.3 Å². The summed E-state index contributed by atoms with van der Waals surface area (Å²) in [6, 6.07) is 10.4. The van der Waals surface area contributed by atoms with Crippen molar-refractivity contribution in [3.63, 3.8) is 0 Å². The second-order valence-corrected chi connectivity index (χ2v) is 3.64. The first-order chi connectivity index (χ1) is 8.69. The van der Waals surface area contributed by atoms with Crippen molar-refractivity contribution >= 4 is 17.4 Å². The lowest BCUT2D eigenvalue weighted by Crippen LogP contribution is -2.19. The van der Waals surface area contributed by atoms with E-state index in [9.17, 15) is 4.79 Å². The van der Waals surface area contributed by atoms with Gasteiger partial charge in [0.15, 0.2) is 0 Å². The summed E-state index contributed by atoms with van der Waals surface area (Å²) in [5.74, 6) is 0.0982. The van der Waals surface area contributed by atoms with Crippen molar-refractivity contribution in [3.8, 4) is 6.07 Å². The van der Waals surface area contributed by atoms with Gasteiger partial charge in [0, 0.05) is 6.20 Å². The minimum atomic E-state index is -0.263. The van der Waals surface area contributed by atoms with E-state index in [1.165, 1.54) is 4.68 Å². The fourth-order valence-corrected chi connectivity index (χ4v) is 1.49. The van der Waals surface area contributed by atoms with E-state index in [1.807, 2.05) is 6.07 Å². The van der Waals surface area contributed by atoms with E-state index in [2.05, 4.69) is 10.4 Å². The average Bonchev–Trinajstić information content (AvgIpc) is 2.75. The van der Waals surface area contributed by atoms with Crippen molar-refractivity contribution in [1.29, 1.82) is 5.26 Å². The summed E-state index contributed by atoms with van der Waals surface area (Å²) in [6.07, 6.45) is 1.62. The number of carbonyl (C=O) groups excluding carboxylic acids is 1. The maximum absolute atomic E-state index is 11.7. The van der Waals surface area contributed by atoms with Crippen molar-refractivity contribution in [2.24, 2.45) is 0 Å². The molecule has 1 heterocycles. The highest BCUT2D eigenvalue weighted by molar-refractivity contribution is 5.91. The molecule has 1 aromatic heterocycles. The third-order valence-corrected chi connectivity index (χ3v) is 2.29. The van der Waals surface area contributed by atoms with Gasteiger partial charge in [-0.1, -0.05) is 12.1 Å². The summed E-state index contributed by atoms with van der Waals surface area (Å²) in [4.78, 5) is 11.7. The Balaban J connectivity index is 2.06. The Morgan fingerprint density at radius 1 is 1.44 bits per heavy atom. The van der Waals surface area contributed by atoms with Crippen LogP contribution >= 0.6 is 0 Å². The zero-order chi connectivity index (χ0) is 13.0. The third kappa shape index (κ3) is 2.65. The monoisotopic (exact) mass is 241 g/mol. The molecule has 3 N–H and O–H groups in total. The van der Waals surface area contributed by atoms with Crippen LogP contribution in [0, 0.1) is 11.3 Å². The van der Waals surface area contributed by atoms with Crippen LogP contribution in [0.3, 0.4) is 0 Å². The molecule has 18 heavy (non-hydrogen) atoms. The van der Waals surface area contributed by atoms with Gasteiger partial charge >= 0.3 is 0 Å². The van der Waals surface area contributed by atoms with Crippen molar-refractivity contribution in [1.82, 2.24) is 9.78 Å². The van der Waals surface area contributed by atoms with Gasteiger partial charge in [-0.2, -0.15) is 10.4 Å².